The fraction of sp³-hybridized carbons (Fsp3) is 0.150. The van der Waals surface area contributed by atoms with E-state index in [2.05, 4.69) is 4.98 Å². The van der Waals surface area contributed by atoms with E-state index in [1.54, 1.807) is 18.3 Å². The van der Waals surface area contributed by atoms with Gasteiger partial charge in [-0.15, -0.1) is 0 Å². The molecule has 0 N–H and O–H groups in total. The summed E-state index contributed by atoms with van der Waals surface area (Å²) >= 11 is 0. The molecule has 1 aromatic carbocycles. The highest BCUT2D eigenvalue weighted by atomic mass is 16.5. The molecule has 2 aromatic heterocycles. The number of nitrogens with zero attached hydrogens (tertiary/aromatic N) is 2. The maximum atomic E-state index is 12.3. The van der Waals surface area contributed by atoms with Gasteiger partial charge in [-0.05, 0) is 30.7 Å². The van der Waals surface area contributed by atoms with Crippen molar-refractivity contribution in [3.8, 4) is 5.75 Å². The van der Waals surface area contributed by atoms with Gasteiger partial charge in [0.2, 0.25) is 0 Å². The highest BCUT2D eigenvalue weighted by Gasteiger charge is 2.18. The average molecular weight is 348 g/mol. The molecule has 0 spiro atoms. The number of fused-ring (bicyclic) bond motifs is 2. The third-order valence-corrected chi connectivity index (χ3v) is 4.11. The van der Waals surface area contributed by atoms with Crippen LogP contribution in [-0.2, 0) is 16.1 Å². The Kier molecular flexibility index (Phi) is 4.01. The Morgan fingerprint density at radius 1 is 1.27 bits per heavy atom. The molecule has 6 heteroatoms. The van der Waals surface area contributed by atoms with Crippen molar-refractivity contribution >= 4 is 17.7 Å². The predicted molar refractivity (Wildman–Crippen MR) is 95.9 cm³/mol. The molecule has 0 atom stereocenters. The minimum atomic E-state index is -0.481. The number of ether oxygens (including phenoxy) is 2. The minimum absolute atomic E-state index is 0.0720. The minimum Gasteiger partial charge on any atom is -0.488 e. The fourth-order valence-corrected chi connectivity index (χ4v) is 2.80. The van der Waals surface area contributed by atoms with Crippen molar-refractivity contribution in [1.29, 1.82) is 0 Å². The lowest BCUT2D eigenvalue weighted by Crippen LogP contribution is -2.19. The Balaban J connectivity index is 1.52. The Labute approximate surface area is 149 Å². The van der Waals surface area contributed by atoms with E-state index in [-0.39, 0.29) is 18.8 Å². The van der Waals surface area contributed by atoms with Crippen LogP contribution < -0.4 is 10.3 Å². The number of pyridine rings is 1. The summed E-state index contributed by atoms with van der Waals surface area (Å²) in [5.41, 5.74) is 2.94. The van der Waals surface area contributed by atoms with Gasteiger partial charge in [-0.1, -0.05) is 24.3 Å². The van der Waals surface area contributed by atoms with Gasteiger partial charge in [0.15, 0.2) is 0 Å². The van der Waals surface area contributed by atoms with E-state index in [0.29, 0.717) is 16.9 Å². The lowest BCUT2D eigenvalue weighted by Gasteiger charge is -2.16. The van der Waals surface area contributed by atoms with Gasteiger partial charge in [0, 0.05) is 17.8 Å². The summed E-state index contributed by atoms with van der Waals surface area (Å²) < 4.78 is 12.3. The summed E-state index contributed by atoms with van der Waals surface area (Å²) in [6, 6.07) is 12.5. The van der Waals surface area contributed by atoms with Crippen LogP contribution in [0.5, 0.6) is 5.75 Å². The van der Waals surface area contributed by atoms with E-state index in [4.69, 9.17) is 9.47 Å². The smallest absolute Gasteiger partial charge is 0.337 e. The lowest BCUT2D eigenvalue weighted by atomic mass is 10.1. The third-order valence-electron chi connectivity index (χ3n) is 4.11. The Morgan fingerprint density at radius 2 is 2.12 bits per heavy atom. The molecule has 3 aromatic rings. The van der Waals surface area contributed by atoms with E-state index in [0.717, 1.165) is 16.9 Å². The van der Waals surface area contributed by atoms with Crippen LogP contribution in [0.4, 0.5) is 0 Å². The van der Waals surface area contributed by atoms with Crippen molar-refractivity contribution in [3.05, 3.63) is 81.4 Å². The maximum Gasteiger partial charge on any atom is 0.337 e. The number of esters is 1. The molecule has 130 valence electrons. The number of benzene rings is 1. The molecule has 0 bridgehead atoms. The molecular formula is C20H16N2O4. The van der Waals surface area contributed by atoms with Gasteiger partial charge in [0.1, 0.15) is 24.6 Å². The van der Waals surface area contributed by atoms with Crippen LogP contribution in [0.15, 0.2) is 59.0 Å². The molecule has 1 aliphatic heterocycles. The lowest BCUT2D eigenvalue weighted by molar-refractivity contribution is -0.140. The van der Waals surface area contributed by atoms with Gasteiger partial charge in [-0.3, -0.25) is 9.20 Å². The molecule has 0 radical (unpaired) electrons. The number of carbonyl (C=O) groups excluding carboxylic acids is 1. The summed E-state index contributed by atoms with van der Waals surface area (Å²) in [4.78, 5) is 28.8. The number of hydrogen-bond acceptors (Lipinski definition) is 5. The Hall–Kier alpha value is -3.41. The molecule has 4 rings (SSSR count). The normalized spacial score (nSPS) is 12.9. The maximum absolute atomic E-state index is 12.3. The highest BCUT2D eigenvalue weighted by Crippen LogP contribution is 2.26. The number of aryl methyl sites for hydroxylation is 1. The summed E-state index contributed by atoms with van der Waals surface area (Å²) in [6.07, 6.45) is 3.48. The molecule has 6 nitrogen and oxygen atoms in total. The van der Waals surface area contributed by atoms with Crippen LogP contribution >= 0.6 is 0 Å². The summed E-state index contributed by atoms with van der Waals surface area (Å²) in [5, 5.41) is 0. The van der Waals surface area contributed by atoms with Gasteiger partial charge < -0.3 is 9.47 Å². The second-order valence-corrected chi connectivity index (χ2v) is 6.09. The molecule has 0 saturated heterocycles. The SMILES string of the molecule is Cc1ccc2nc(COC(=O)C3=Cc4ccccc4OC3)cc(=O)n2c1. The van der Waals surface area contributed by atoms with E-state index >= 15 is 0 Å². The number of para-hydroxylation sites is 1. The second-order valence-electron chi connectivity index (χ2n) is 6.09. The topological polar surface area (TPSA) is 69.9 Å². The van der Waals surface area contributed by atoms with Crippen LogP contribution in [0.1, 0.15) is 16.8 Å². The molecule has 26 heavy (non-hydrogen) atoms. The molecule has 0 unspecified atom stereocenters. The zero-order valence-corrected chi connectivity index (χ0v) is 14.1. The number of aromatic nitrogens is 2. The van der Waals surface area contributed by atoms with Gasteiger partial charge in [-0.25, -0.2) is 9.78 Å². The van der Waals surface area contributed by atoms with Gasteiger partial charge >= 0.3 is 5.97 Å². The summed E-state index contributed by atoms with van der Waals surface area (Å²) in [5.74, 6) is 0.258. The summed E-state index contributed by atoms with van der Waals surface area (Å²) in [6.45, 7) is 1.99. The van der Waals surface area contributed by atoms with Gasteiger partial charge in [0.25, 0.3) is 5.56 Å². The third kappa shape index (κ3) is 3.09. The van der Waals surface area contributed by atoms with E-state index in [9.17, 15) is 9.59 Å². The standard InChI is InChI=1S/C20H16N2O4/c1-13-6-7-18-21-16(9-19(23)22(18)10-13)12-26-20(24)15-8-14-4-2-3-5-17(14)25-11-15/h2-10H,11-12H2,1H3. The summed E-state index contributed by atoms with van der Waals surface area (Å²) in [7, 11) is 0. The average Bonchev–Trinajstić information content (AvgIpc) is 2.66. The first-order valence-corrected chi connectivity index (χ1v) is 8.18. The van der Waals surface area contributed by atoms with Crippen LogP contribution in [0.25, 0.3) is 11.7 Å². The molecule has 0 fully saturated rings. The number of rotatable bonds is 3. The van der Waals surface area contributed by atoms with E-state index < -0.39 is 5.97 Å². The first-order valence-electron chi connectivity index (χ1n) is 8.18. The van der Waals surface area contributed by atoms with Gasteiger partial charge in [0.05, 0.1) is 11.3 Å². The fourth-order valence-electron chi connectivity index (χ4n) is 2.80. The monoisotopic (exact) mass is 348 g/mol. The molecule has 3 heterocycles. The number of carbonyl (C=O) groups is 1. The van der Waals surface area contributed by atoms with Crippen molar-refractivity contribution in [2.75, 3.05) is 6.61 Å². The zero-order chi connectivity index (χ0) is 18.1. The van der Waals surface area contributed by atoms with Gasteiger partial charge in [-0.2, -0.15) is 0 Å². The second kappa shape index (κ2) is 6.48. The Morgan fingerprint density at radius 3 is 3.00 bits per heavy atom. The van der Waals surface area contributed by atoms with Crippen molar-refractivity contribution in [1.82, 2.24) is 9.38 Å². The first-order chi connectivity index (χ1) is 12.6. The quantitative estimate of drug-likeness (QED) is 0.680. The molecule has 0 aliphatic carbocycles. The van der Waals surface area contributed by atoms with Crippen LogP contribution in [0.2, 0.25) is 0 Å². The molecule has 0 saturated carbocycles. The van der Waals surface area contributed by atoms with Crippen molar-refractivity contribution in [2.24, 2.45) is 0 Å². The van der Waals surface area contributed by atoms with Crippen LogP contribution in [-0.4, -0.2) is 22.0 Å². The van der Waals surface area contributed by atoms with Crippen molar-refractivity contribution < 1.29 is 14.3 Å². The molecule has 0 amide bonds. The first kappa shape index (κ1) is 16.1. The zero-order valence-electron chi connectivity index (χ0n) is 14.1. The highest BCUT2D eigenvalue weighted by molar-refractivity contribution is 5.95. The largest absolute Gasteiger partial charge is 0.488 e. The molecular weight excluding hydrogens is 332 g/mol. The van der Waals surface area contributed by atoms with Crippen LogP contribution in [0, 0.1) is 6.92 Å². The molecule has 1 aliphatic rings. The van der Waals surface area contributed by atoms with Crippen molar-refractivity contribution in [2.45, 2.75) is 13.5 Å². The predicted octanol–water partition coefficient (Wildman–Crippen LogP) is 2.52. The number of hydrogen-bond donors (Lipinski definition) is 0. The van der Waals surface area contributed by atoms with E-state index in [1.807, 2.05) is 37.3 Å². The van der Waals surface area contributed by atoms with Crippen molar-refractivity contribution in [3.63, 3.8) is 0 Å². The Bertz CT molecular complexity index is 1100. The van der Waals surface area contributed by atoms with E-state index in [1.165, 1.54) is 10.5 Å². The van der Waals surface area contributed by atoms with Crippen LogP contribution in [0.3, 0.4) is 0 Å².